The van der Waals surface area contributed by atoms with E-state index in [9.17, 15) is 4.79 Å². The van der Waals surface area contributed by atoms with Gasteiger partial charge in [-0.05, 0) is 20.3 Å². The fraction of sp³-hybridized carbons (Fsp3) is 0.692. The van der Waals surface area contributed by atoms with E-state index >= 15 is 0 Å². The summed E-state index contributed by atoms with van der Waals surface area (Å²) in [5, 5.41) is 7.39. The molecular formula is C13H22ClN3O2. The number of aromatic nitrogens is 2. The molecule has 1 rings (SSSR count). The van der Waals surface area contributed by atoms with Gasteiger partial charge in [0.1, 0.15) is 5.02 Å². The van der Waals surface area contributed by atoms with Crippen molar-refractivity contribution in [2.45, 2.75) is 45.8 Å². The number of aryl methyl sites for hydroxylation is 1. The number of ether oxygens (including phenoxy) is 1. The normalized spacial score (nSPS) is 11.6. The second kappa shape index (κ2) is 6.91. The molecule has 0 spiro atoms. The number of nitrogens with zero attached hydrogens (tertiary/aromatic N) is 2. The first-order valence-corrected chi connectivity index (χ1v) is 6.83. The van der Waals surface area contributed by atoms with Gasteiger partial charge in [0.05, 0.1) is 17.5 Å². The van der Waals surface area contributed by atoms with E-state index in [4.69, 9.17) is 16.3 Å². The van der Waals surface area contributed by atoms with Crippen LogP contribution in [0.25, 0.3) is 0 Å². The summed E-state index contributed by atoms with van der Waals surface area (Å²) in [6.45, 7) is 7.10. The van der Waals surface area contributed by atoms with Crippen molar-refractivity contribution < 1.29 is 4.74 Å². The van der Waals surface area contributed by atoms with Crippen LogP contribution in [0.5, 0.6) is 0 Å². The lowest BCUT2D eigenvalue weighted by molar-refractivity contribution is 0.0344. The third-order valence-corrected chi connectivity index (χ3v) is 3.33. The average Bonchev–Trinajstić information content (AvgIpc) is 2.39. The van der Waals surface area contributed by atoms with Gasteiger partial charge in [-0.1, -0.05) is 24.9 Å². The average molecular weight is 288 g/mol. The maximum atomic E-state index is 12.0. The van der Waals surface area contributed by atoms with Gasteiger partial charge >= 0.3 is 0 Å². The molecule has 0 unspecified atom stereocenters. The molecule has 0 amide bonds. The Kier molecular flexibility index (Phi) is 5.82. The highest BCUT2D eigenvalue weighted by molar-refractivity contribution is 6.32. The number of hydrogen-bond acceptors (Lipinski definition) is 4. The minimum Gasteiger partial charge on any atom is -0.379 e. The first kappa shape index (κ1) is 16.0. The van der Waals surface area contributed by atoms with E-state index in [1.165, 1.54) is 4.68 Å². The molecule has 0 fully saturated rings. The van der Waals surface area contributed by atoms with Crippen LogP contribution in [0, 0.1) is 0 Å². The summed E-state index contributed by atoms with van der Waals surface area (Å²) in [6.07, 6.45) is 3.51. The molecule has 5 nitrogen and oxygen atoms in total. The summed E-state index contributed by atoms with van der Waals surface area (Å²) < 4.78 is 6.70. The third kappa shape index (κ3) is 4.51. The molecule has 19 heavy (non-hydrogen) atoms. The summed E-state index contributed by atoms with van der Waals surface area (Å²) in [6, 6.07) is 0. The Bertz CT molecular complexity index is 471. The molecule has 0 saturated carbocycles. The Morgan fingerprint density at radius 3 is 2.79 bits per heavy atom. The zero-order valence-corrected chi connectivity index (χ0v) is 12.8. The highest BCUT2D eigenvalue weighted by atomic mass is 35.5. The minimum absolute atomic E-state index is 0.179. The van der Waals surface area contributed by atoms with Crippen molar-refractivity contribution in [2.24, 2.45) is 0 Å². The van der Waals surface area contributed by atoms with Gasteiger partial charge in [-0.15, -0.1) is 0 Å². The monoisotopic (exact) mass is 287 g/mol. The Morgan fingerprint density at radius 1 is 1.53 bits per heavy atom. The summed E-state index contributed by atoms with van der Waals surface area (Å²) in [4.78, 5) is 12.0. The van der Waals surface area contributed by atoms with E-state index in [0.29, 0.717) is 18.8 Å². The van der Waals surface area contributed by atoms with Crippen LogP contribution in [0.4, 0.5) is 5.69 Å². The molecule has 1 heterocycles. The summed E-state index contributed by atoms with van der Waals surface area (Å²) in [5.41, 5.74) is -0.0414. The van der Waals surface area contributed by atoms with Crippen LogP contribution in [0.2, 0.25) is 5.02 Å². The van der Waals surface area contributed by atoms with E-state index in [0.717, 1.165) is 12.8 Å². The van der Waals surface area contributed by atoms with Crippen LogP contribution in [-0.2, 0) is 11.3 Å². The van der Waals surface area contributed by atoms with E-state index in [1.54, 1.807) is 13.3 Å². The predicted molar refractivity (Wildman–Crippen MR) is 78.0 cm³/mol. The molecule has 0 aliphatic heterocycles. The number of anilines is 1. The largest absolute Gasteiger partial charge is 0.379 e. The van der Waals surface area contributed by atoms with Crippen molar-refractivity contribution in [3.8, 4) is 0 Å². The van der Waals surface area contributed by atoms with Crippen LogP contribution in [0.3, 0.4) is 0 Å². The lowest BCUT2D eigenvalue weighted by atomic mass is 10.1. The molecule has 0 aliphatic rings. The number of nitrogens with one attached hydrogen (secondary N) is 1. The SMILES string of the molecule is CCCCn1ncc(NCC(C)(C)OC)c(Cl)c1=O. The van der Waals surface area contributed by atoms with Crippen LogP contribution >= 0.6 is 11.6 Å². The molecular weight excluding hydrogens is 266 g/mol. The zero-order valence-electron chi connectivity index (χ0n) is 12.0. The van der Waals surface area contributed by atoms with E-state index < -0.39 is 0 Å². The van der Waals surface area contributed by atoms with Gasteiger partial charge in [-0.25, -0.2) is 4.68 Å². The number of hydrogen-bond donors (Lipinski definition) is 1. The quantitative estimate of drug-likeness (QED) is 0.837. The first-order valence-electron chi connectivity index (χ1n) is 6.46. The minimum atomic E-state index is -0.333. The second-order valence-electron chi connectivity index (χ2n) is 5.07. The lowest BCUT2D eigenvalue weighted by Crippen LogP contribution is -2.33. The molecule has 0 bridgehead atoms. The second-order valence-corrected chi connectivity index (χ2v) is 5.45. The predicted octanol–water partition coefficient (Wildman–Crippen LogP) is 2.53. The standard InChI is InChI=1S/C13H22ClN3O2/c1-5-6-7-17-12(18)11(14)10(8-16-17)15-9-13(2,3)19-4/h8,15H,5-7,9H2,1-4H3. The van der Waals surface area contributed by atoms with E-state index in [2.05, 4.69) is 17.3 Å². The van der Waals surface area contributed by atoms with Gasteiger partial charge in [0, 0.05) is 20.2 Å². The maximum absolute atomic E-state index is 12.0. The summed E-state index contributed by atoms with van der Waals surface area (Å²) in [5.74, 6) is 0. The maximum Gasteiger partial charge on any atom is 0.287 e. The smallest absolute Gasteiger partial charge is 0.287 e. The zero-order chi connectivity index (χ0) is 14.5. The van der Waals surface area contributed by atoms with Gasteiger partial charge in [0.2, 0.25) is 0 Å². The van der Waals surface area contributed by atoms with Gasteiger partial charge in [0.25, 0.3) is 5.56 Å². The number of unbranched alkanes of at least 4 members (excludes halogenated alkanes) is 1. The fourth-order valence-electron chi connectivity index (χ4n) is 1.44. The Hall–Kier alpha value is -1.07. The van der Waals surface area contributed by atoms with Crippen molar-refractivity contribution in [1.82, 2.24) is 9.78 Å². The van der Waals surface area contributed by atoms with Crippen LogP contribution in [0.1, 0.15) is 33.6 Å². The molecule has 1 N–H and O–H groups in total. The van der Waals surface area contributed by atoms with Crippen LogP contribution in [-0.4, -0.2) is 29.0 Å². The lowest BCUT2D eigenvalue weighted by Gasteiger charge is -2.23. The Morgan fingerprint density at radius 2 is 2.21 bits per heavy atom. The van der Waals surface area contributed by atoms with Crippen LogP contribution in [0.15, 0.2) is 11.0 Å². The van der Waals surface area contributed by atoms with Crippen molar-refractivity contribution in [2.75, 3.05) is 19.0 Å². The van der Waals surface area contributed by atoms with Crippen LogP contribution < -0.4 is 10.9 Å². The summed E-state index contributed by atoms with van der Waals surface area (Å²) >= 11 is 6.07. The highest BCUT2D eigenvalue weighted by Crippen LogP contribution is 2.17. The molecule has 108 valence electrons. The van der Waals surface area contributed by atoms with Crippen molar-refractivity contribution in [1.29, 1.82) is 0 Å². The van der Waals surface area contributed by atoms with E-state index in [-0.39, 0.29) is 16.2 Å². The molecule has 1 aromatic rings. The molecule has 1 aromatic heterocycles. The Labute approximate surface area is 118 Å². The summed E-state index contributed by atoms with van der Waals surface area (Å²) in [7, 11) is 1.64. The molecule has 0 aromatic carbocycles. The number of halogens is 1. The van der Waals surface area contributed by atoms with Gasteiger partial charge in [-0.2, -0.15) is 5.10 Å². The number of rotatable bonds is 7. The fourth-order valence-corrected chi connectivity index (χ4v) is 1.65. The van der Waals surface area contributed by atoms with E-state index in [1.807, 2.05) is 13.8 Å². The molecule has 0 aliphatic carbocycles. The highest BCUT2D eigenvalue weighted by Gasteiger charge is 2.17. The topological polar surface area (TPSA) is 56.1 Å². The molecule has 0 radical (unpaired) electrons. The van der Waals surface area contributed by atoms with Crippen molar-refractivity contribution in [3.63, 3.8) is 0 Å². The van der Waals surface area contributed by atoms with Gasteiger partial charge < -0.3 is 10.1 Å². The Balaban J connectivity index is 2.82. The third-order valence-electron chi connectivity index (χ3n) is 2.97. The van der Waals surface area contributed by atoms with Crippen molar-refractivity contribution >= 4 is 17.3 Å². The molecule has 0 atom stereocenters. The first-order chi connectivity index (χ1) is 8.91. The van der Waals surface area contributed by atoms with Crippen molar-refractivity contribution in [3.05, 3.63) is 21.6 Å². The van der Waals surface area contributed by atoms with Gasteiger partial charge in [-0.3, -0.25) is 4.79 Å². The molecule has 6 heteroatoms. The number of methoxy groups -OCH3 is 1. The molecule has 0 saturated heterocycles. The van der Waals surface area contributed by atoms with Gasteiger partial charge in [0.15, 0.2) is 0 Å².